The van der Waals surface area contributed by atoms with Crippen molar-refractivity contribution in [2.24, 2.45) is 0 Å². The maximum Gasteiger partial charge on any atom is 0.269 e. The van der Waals surface area contributed by atoms with Crippen LogP contribution in [0.4, 0.5) is 0 Å². The molecule has 5 heteroatoms. The Balaban J connectivity index is 1.92. The first-order chi connectivity index (χ1) is 10.2. The van der Waals surface area contributed by atoms with E-state index < -0.39 is 8.32 Å². The van der Waals surface area contributed by atoms with Gasteiger partial charge in [-0.15, -0.1) is 0 Å². The third-order valence-electron chi connectivity index (χ3n) is 5.15. The highest BCUT2D eigenvalue weighted by Crippen LogP contribution is 2.38. The Morgan fingerprint density at radius 2 is 2.09 bits per heavy atom. The van der Waals surface area contributed by atoms with Crippen LogP contribution in [0, 0.1) is 0 Å². The molecule has 3 rings (SSSR count). The van der Waals surface area contributed by atoms with Crippen molar-refractivity contribution in [3.05, 3.63) is 40.3 Å². The summed E-state index contributed by atoms with van der Waals surface area (Å²) in [5, 5.41) is 0.178. The van der Waals surface area contributed by atoms with E-state index in [1.807, 2.05) is 16.7 Å². The predicted molar refractivity (Wildman–Crippen MR) is 91.9 cm³/mol. The number of para-hydroxylation sites is 1. The van der Waals surface area contributed by atoms with Gasteiger partial charge in [0.15, 0.2) is 8.32 Å². The standard InChI is InChI=1S/C17H24N2O2Si/c1-17(2,3)22(4,5)21-11-13-9-12-7-6-8-14-16(12)19(13)15(20)10-18-14/h6-8,10,13H,9,11H2,1-5H3/t13-/m0/s1. The van der Waals surface area contributed by atoms with Gasteiger partial charge in [0.2, 0.25) is 0 Å². The summed E-state index contributed by atoms with van der Waals surface area (Å²) in [6.07, 6.45) is 2.28. The molecule has 0 saturated carbocycles. The molecule has 0 fully saturated rings. The van der Waals surface area contributed by atoms with Gasteiger partial charge in [-0.25, -0.2) is 4.98 Å². The molecule has 0 saturated heterocycles. The van der Waals surface area contributed by atoms with E-state index in [0.29, 0.717) is 6.61 Å². The van der Waals surface area contributed by atoms with E-state index in [0.717, 1.165) is 17.5 Å². The molecule has 0 radical (unpaired) electrons. The lowest BCUT2D eigenvalue weighted by Crippen LogP contribution is -2.42. The zero-order valence-corrected chi connectivity index (χ0v) is 15.0. The predicted octanol–water partition coefficient (Wildman–Crippen LogP) is 3.52. The highest BCUT2D eigenvalue weighted by molar-refractivity contribution is 6.74. The lowest BCUT2D eigenvalue weighted by molar-refractivity contribution is 0.233. The molecular weight excluding hydrogens is 292 g/mol. The second kappa shape index (κ2) is 5.03. The van der Waals surface area contributed by atoms with Crippen molar-refractivity contribution in [3.63, 3.8) is 0 Å². The Morgan fingerprint density at radius 3 is 2.77 bits per heavy atom. The number of hydrogen-bond donors (Lipinski definition) is 0. The van der Waals surface area contributed by atoms with Gasteiger partial charge in [0.05, 0.1) is 29.9 Å². The third kappa shape index (κ3) is 2.42. The fourth-order valence-corrected chi connectivity index (χ4v) is 3.83. The summed E-state index contributed by atoms with van der Waals surface area (Å²) in [5.74, 6) is 0. The highest BCUT2D eigenvalue weighted by Gasteiger charge is 2.38. The Bertz CT molecular complexity index is 774. The van der Waals surface area contributed by atoms with Crippen molar-refractivity contribution < 1.29 is 4.43 Å². The molecule has 2 heterocycles. The van der Waals surface area contributed by atoms with Crippen LogP contribution in [0.25, 0.3) is 11.0 Å². The third-order valence-corrected chi connectivity index (χ3v) is 9.65. The molecule has 0 bridgehead atoms. The SMILES string of the molecule is CC(C)(C)[Si](C)(C)OC[C@@H]1Cc2cccc3ncc(=O)n1c23. The van der Waals surface area contributed by atoms with Crippen LogP contribution in [0.3, 0.4) is 0 Å². The molecule has 118 valence electrons. The van der Waals surface area contributed by atoms with Gasteiger partial charge in [-0.1, -0.05) is 32.9 Å². The summed E-state index contributed by atoms with van der Waals surface area (Å²) < 4.78 is 8.23. The molecular formula is C17H24N2O2Si. The minimum absolute atomic E-state index is 0.0266. The van der Waals surface area contributed by atoms with Gasteiger partial charge >= 0.3 is 0 Å². The van der Waals surface area contributed by atoms with Crippen LogP contribution in [0.1, 0.15) is 32.4 Å². The molecule has 22 heavy (non-hydrogen) atoms. The van der Waals surface area contributed by atoms with Gasteiger partial charge < -0.3 is 4.43 Å². The maximum absolute atomic E-state index is 12.3. The van der Waals surface area contributed by atoms with Gasteiger partial charge in [-0.05, 0) is 36.2 Å². The molecule has 1 aromatic heterocycles. The van der Waals surface area contributed by atoms with Crippen molar-refractivity contribution in [3.8, 4) is 0 Å². The van der Waals surface area contributed by atoms with Gasteiger partial charge in [-0.2, -0.15) is 0 Å². The number of nitrogens with zero attached hydrogens (tertiary/aromatic N) is 2. The normalized spacial score (nSPS) is 18.1. The molecule has 0 aliphatic carbocycles. The monoisotopic (exact) mass is 316 g/mol. The van der Waals surface area contributed by atoms with E-state index in [4.69, 9.17) is 4.43 Å². The van der Waals surface area contributed by atoms with Gasteiger partial charge in [0.25, 0.3) is 5.56 Å². The average Bonchev–Trinajstić information content (AvgIpc) is 2.80. The fraction of sp³-hybridized carbons (Fsp3) is 0.529. The zero-order chi connectivity index (χ0) is 16.1. The zero-order valence-electron chi connectivity index (χ0n) is 14.0. The summed E-state index contributed by atoms with van der Waals surface area (Å²) in [5.41, 5.74) is 3.05. The summed E-state index contributed by atoms with van der Waals surface area (Å²) in [7, 11) is -1.81. The van der Waals surface area contributed by atoms with Crippen molar-refractivity contribution in [2.45, 2.75) is 51.4 Å². The largest absolute Gasteiger partial charge is 0.415 e. The highest BCUT2D eigenvalue weighted by atomic mass is 28.4. The maximum atomic E-state index is 12.3. The molecule has 0 N–H and O–H groups in total. The average molecular weight is 316 g/mol. The first-order valence-corrected chi connectivity index (χ1v) is 10.7. The Labute approximate surface area is 132 Å². The molecule has 4 nitrogen and oxygen atoms in total. The molecule has 0 spiro atoms. The minimum Gasteiger partial charge on any atom is -0.415 e. The van der Waals surface area contributed by atoms with Crippen molar-refractivity contribution in [1.82, 2.24) is 9.55 Å². The van der Waals surface area contributed by atoms with Crippen LogP contribution >= 0.6 is 0 Å². The summed E-state index contributed by atoms with van der Waals surface area (Å²) in [6, 6.07) is 6.15. The van der Waals surface area contributed by atoms with Crippen molar-refractivity contribution in [2.75, 3.05) is 6.61 Å². The van der Waals surface area contributed by atoms with E-state index in [-0.39, 0.29) is 16.6 Å². The molecule has 1 aromatic carbocycles. The van der Waals surface area contributed by atoms with Crippen molar-refractivity contribution in [1.29, 1.82) is 0 Å². The first-order valence-electron chi connectivity index (χ1n) is 7.84. The van der Waals surface area contributed by atoms with Crippen LogP contribution < -0.4 is 5.56 Å². The minimum atomic E-state index is -1.81. The van der Waals surface area contributed by atoms with E-state index in [9.17, 15) is 4.79 Å². The number of rotatable bonds is 3. The van der Waals surface area contributed by atoms with Gasteiger partial charge in [0, 0.05) is 0 Å². The van der Waals surface area contributed by atoms with Crippen molar-refractivity contribution >= 4 is 19.4 Å². The number of benzene rings is 1. The lowest BCUT2D eigenvalue weighted by Gasteiger charge is -2.37. The molecule has 0 amide bonds. The quantitative estimate of drug-likeness (QED) is 0.814. The summed E-state index contributed by atoms with van der Waals surface area (Å²) in [6.45, 7) is 11.8. The second-order valence-corrected chi connectivity index (χ2v) is 12.5. The van der Waals surface area contributed by atoms with Gasteiger partial charge in [0.1, 0.15) is 0 Å². The molecule has 1 atom stereocenters. The number of hydrogen-bond acceptors (Lipinski definition) is 3. The van der Waals surface area contributed by atoms with E-state index in [1.165, 1.54) is 11.8 Å². The Morgan fingerprint density at radius 1 is 1.36 bits per heavy atom. The molecule has 2 aromatic rings. The number of aromatic nitrogens is 2. The van der Waals surface area contributed by atoms with Crippen LogP contribution in [0.5, 0.6) is 0 Å². The second-order valence-electron chi connectivity index (χ2n) is 7.68. The molecule has 0 unspecified atom stereocenters. The van der Waals surface area contributed by atoms with Crippen LogP contribution in [-0.2, 0) is 10.8 Å². The summed E-state index contributed by atoms with van der Waals surface area (Å²) >= 11 is 0. The molecule has 1 aliphatic heterocycles. The van der Waals surface area contributed by atoms with E-state index >= 15 is 0 Å². The van der Waals surface area contributed by atoms with Crippen LogP contribution in [0.2, 0.25) is 18.1 Å². The van der Waals surface area contributed by atoms with E-state index in [2.05, 4.69) is 44.9 Å². The van der Waals surface area contributed by atoms with Gasteiger partial charge in [-0.3, -0.25) is 9.36 Å². The first kappa shape index (κ1) is 15.4. The fourth-order valence-electron chi connectivity index (χ4n) is 2.78. The van der Waals surface area contributed by atoms with Crippen LogP contribution in [-0.4, -0.2) is 24.5 Å². The summed E-state index contributed by atoms with van der Waals surface area (Å²) in [4.78, 5) is 16.5. The Kier molecular flexibility index (Phi) is 3.53. The van der Waals surface area contributed by atoms with E-state index in [1.54, 1.807) is 0 Å². The molecule has 1 aliphatic rings. The lowest BCUT2D eigenvalue weighted by atomic mass is 10.1. The topological polar surface area (TPSA) is 44.1 Å². The van der Waals surface area contributed by atoms with Crippen LogP contribution in [0.15, 0.2) is 29.2 Å². The Hall–Kier alpha value is -1.46. The smallest absolute Gasteiger partial charge is 0.269 e.